The molecular weight excluding hydrogens is 348 g/mol. The van der Waals surface area contributed by atoms with Gasteiger partial charge in [-0.25, -0.2) is 9.78 Å². The molecule has 0 fully saturated rings. The Balaban J connectivity index is 1.62. The number of rotatable bonds is 7. The van der Waals surface area contributed by atoms with E-state index in [1.165, 1.54) is 25.5 Å². The van der Waals surface area contributed by atoms with Crippen molar-refractivity contribution in [2.45, 2.75) is 19.6 Å². The van der Waals surface area contributed by atoms with Gasteiger partial charge in [-0.1, -0.05) is 18.2 Å². The van der Waals surface area contributed by atoms with Gasteiger partial charge in [0.05, 0.1) is 12.8 Å². The summed E-state index contributed by atoms with van der Waals surface area (Å²) in [6.07, 6.45) is 2.04. The fourth-order valence-electron chi connectivity index (χ4n) is 2.24. The third-order valence-corrected chi connectivity index (χ3v) is 3.62. The van der Waals surface area contributed by atoms with Crippen LogP contribution < -0.4 is 10.1 Å². The van der Waals surface area contributed by atoms with Crippen molar-refractivity contribution in [1.82, 2.24) is 10.3 Å². The molecule has 0 aliphatic carbocycles. The number of pyridine rings is 1. The molecular formula is C20H18N2O5. The summed E-state index contributed by atoms with van der Waals surface area (Å²) >= 11 is 0. The monoisotopic (exact) mass is 366 g/mol. The van der Waals surface area contributed by atoms with Crippen LogP contribution in [0.25, 0.3) is 0 Å². The van der Waals surface area contributed by atoms with Gasteiger partial charge >= 0.3 is 5.97 Å². The number of hydrogen-bond acceptors (Lipinski definition) is 6. The standard InChI is InChI=1S/C20H18N2O5/c1-14(18(23)22-13-16-9-6-12-25-16)26-20(24)17-10-5-11-21-19(17)27-15-7-3-2-4-8-15/h2-12,14H,13H2,1H3,(H,22,23)/t14-/m1/s1. The van der Waals surface area contributed by atoms with E-state index in [9.17, 15) is 9.59 Å². The van der Waals surface area contributed by atoms with Gasteiger partial charge in [0.25, 0.3) is 5.91 Å². The highest BCUT2D eigenvalue weighted by Crippen LogP contribution is 2.23. The zero-order valence-corrected chi connectivity index (χ0v) is 14.6. The zero-order valence-electron chi connectivity index (χ0n) is 14.6. The Morgan fingerprint density at radius 1 is 1.11 bits per heavy atom. The Hall–Kier alpha value is -3.61. The van der Waals surface area contributed by atoms with Crippen LogP contribution in [-0.2, 0) is 16.1 Å². The molecule has 0 spiro atoms. The molecule has 0 saturated heterocycles. The van der Waals surface area contributed by atoms with Gasteiger partial charge in [0.15, 0.2) is 6.10 Å². The smallest absolute Gasteiger partial charge is 0.344 e. The first-order valence-corrected chi connectivity index (χ1v) is 8.32. The number of hydrogen-bond donors (Lipinski definition) is 1. The van der Waals surface area contributed by atoms with Gasteiger partial charge in [-0.15, -0.1) is 0 Å². The highest BCUT2D eigenvalue weighted by molar-refractivity contribution is 5.94. The van der Waals surface area contributed by atoms with Gasteiger partial charge in [0.1, 0.15) is 17.1 Å². The lowest BCUT2D eigenvalue weighted by Crippen LogP contribution is -2.35. The summed E-state index contributed by atoms with van der Waals surface area (Å²) in [5.74, 6) is 0.114. The number of nitrogens with one attached hydrogen (secondary N) is 1. The first-order valence-electron chi connectivity index (χ1n) is 8.32. The summed E-state index contributed by atoms with van der Waals surface area (Å²) in [6.45, 7) is 1.70. The van der Waals surface area contributed by atoms with E-state index in [2.05, 4.69) is 10.3 Å². The van der Waals surface area contributed by atoms with Crippen molar-refractivity contribution >= 4 is 11.9 Å². The average Bonchev–Trinajstić information content (AvgIpc) is 3.21. The maximum atomic E-state index is 12.5. The van der Waals surface area contributed by atoms with E-state index < -0.39 is 18.0 Å². The molecule has 1 amide bonds. The molecule has 1 atom stereocenters. The minimum Gasteiger partial charge on any atom is -0.467 e. The second-order valence-electron chi connectivity index (χ2n) is 5.62. The Morgan fingerprint density at radius 3 is 2.67 bits per heavy atom. The fraction of sp³-hybridized carbons (Fsp3) is 0.150. The number of ether oxygens (including phenoxy) is 2. The summed E-state index contributed by atoms with van der Waals surface area (Å²) in [6, 6.07) is 15.5. The number of furan rings is 1. The summed E-state index contributed by atoms with van der Waals surface area (Å²) < 4.78 is 16.0. The number of amides is 1. The number of para-hydroxylation sites is 1. The Labute approximate surface area is 155 Å². The molecule has 2 heterocycles. The van der Waals surface area contributed by atoms with Gasteiger partial charge in [-0.3, -0.25) is 4.79 Å². The van der Waals surface area contributed by atoms with E-state index in [1.54, 1.807) is 30.3 Å². The predicted octanol–water partition coefficient (Wildman–Crippen LogP) is 3.33. The maximum Gasteiger partial charge on any atom is 0.344 e. The Morgan fingerprint density at radius 2 is 1.93 bits per heavy atom. The van der Waals surface area contributed by atoms with Crippen LogP contribution in [0, 0.1) is 0 Å². The molecule has 0 aliphatic heterocycles. The van der Waals surface area contributed by atoms with Crippen molar-refractivity contribution in [3.05, 3.63) is 78.4 Å². The minimum atomic E-state index is -0.989. The van der Waals surface area contributed by atoms with Gasteiger partial charge in [-0.2, -0.15) is 0 Å². The SMILES string of the molecule is C[C@@H](OC(=O)c1cccnc1Oc1ccccc1)C(=O)NCc1ccco1. The fourth-order valence-corrected chi connectivity index (χ4v) is 2.24. The van der Waals surface area contributed by atoms with E-state index >= 15 is 0 Å². The van der Waals surface area contributed by atoms with Gasteiger partial charge in [0.2, 0.25) is 5.88 Å². The van der Waals surface area contributed by atoms with Crippen molar-refractivity contribution in [2.24, 2.45) is 0 Å². The van der Waals surface area contributed by atoms with Crippen LogP contribution in [0.2, 0.25) is 0 Å². The first-order chi connectivity index (χ1) is 13.1. The molecule has 7 nitrogen and oxygen atoms in total. The van der Waals surface area contributed by atoms with Crippen LogP contribution in [-0.4, -0.2) is 23.0 Å². The summed E-state index contributed by atoms with van der Waals surface area (Å²) in [5, 5.41) is 2.64. The average molecular weight is 366 g/mol. The van der Waals surface area contributed by atoms with Crippen molar-refractivity contribution in [2.75, 3.05) is 0 Å². The van der Waals surface area contributed by atoms with Crippen molar-refractivity contribution in [3.8, 4) is 11.6 Å². The lowest BCUT2D eigenvalue weighted by molar-refractivity contribution is -0.129. The highest BCUT2D eigenvalue weighted by Gasteiger charge is 2.22. The molecule has 0 bridgehead atoms. The number of carbonyl (C=O) groups excluding carboxylic acids is 2. The molecule has 0 unspecified atom stereocenters. The Kier molecular flexibility index (Phi) is 5.84. The molecule has 1 N–H and O–H groups in total. The molecule has 3 aromatic rings. The summed E-state index contributed by atoms with van der Waals surface area (Å²) in [7, 11) is 0. The summed E-state index contributed by atoms with van der Waals surface area (Å²) in [4.78, 5) is 28.6. The number of esters is 1. The zero-order chi connectivity index (χ0) is 19.1. The van der Waals surface area contributed by atoms with Crippen LogP contribution in [0.1, 0.15) is 23.0 Å². The lowest BCUT2D eigenvalue weighted by atomic mass is 10.2. The van der Waals surface area contributed by atoms with Gasteiger partial charge < -0.3 is 19.2 Å². The van der Waals surface area contributed by atoms with Crippen LogP contribution in [0.15, 0.2) is 71.5 Å². The molecule has 0 aliphatic rings. The second-order valence-corrected chi connectivity index (χ2v) is 5.62. The molecule has 27 heavy (non-hydrogen) atoms. The van der Waals surface area contributed by atoms with Crippen molar-refractivity contribution < 1.29 is 23.5 Å². The predicted molar refractivity (Wildman–Crippen MR) is 96.2 cm³/mol. The maximum absolute atomic E-state index is 12.5. The van der Waals surface area contributed by atoms with Crippen molar-refractivity contribution in [1.29, 1.82) is 0 Å². The van der Waals surface area contributed by atoms with Gasteiger partial charge in [0, 0.05) is 6.20 Å². The number of benzene rings is 1. The van der Waals surface area contributed by atoms with E-state index in [0.29, 0.717) is 11.5 Å². The highest BCUT2D eigenvalue weighted by atomic mass is 16.6. The van der Waals surface area contributed by atoms with E-state index in [4.69, 9.17) is 13.9 Å². The topological polar surface area (TPSA) is 90.7 Å². The van der Waals surface area contributed by atoms with E-state index in [-0.39, 0.29) is 18.0 Å². The normalized spacial score (nSPS) is 11.4. The number of aromatic nitrogens is 1. The largest absolute Gasteiger partial charge is 0.467 e. The third-order valence-electron chi connectivity index (χ3n) is 3.62. The summed E-state index contributed by atoms with van der Waals surface area (Å²) in [5.41, 5.74) is 0.132. The Bertz CT molecular complexity index is 894. The molecule has 3 rings (SSSR count). The lowest BCUT2D eigenvalue weighted by Gasteiger charge is -2.14. The molecule has 0 saturated carbocycles. The molecule has 2 aromatic heterocycles. The van der Waals surface area contributed by atoms with E-state index in [0.717, 1.165) is 0 Å². The molecule has 1 aromatic carbocycles. The second kappa shape index (κ2) is 8.66. The first kappa shape index (κ1) is 18.2. The van der Waals surface area contributed by atoms with Crippen LogP contribution >= 0.6 is 0 Å². The van der Waals surface area contributed by atoms with E-state index in [1.807, 2.05) is 18.2 Å². The van der Waals surface area contributed by atoms with Crippen LogP contribution in [0.5, 0.6) is 11.6 Å². The molecule has 7 heteroatoms. The van der Waals surface area contributed by atoms with Crippen LogP contribution in [0.4, 0.5) is 0 Å². The van der Waals surface area contributed by atoms with Crippen molar-refractivity contribution in [3.63, 3.8) is 0 Å². The quantitative estimate of drug-likeness (QED) is 0.645. The molecule has 138 valence electrons. The number of nitrogens with zero attached hydrogens (tertiary/aromatic N) is 1. The third kappa shape index (κ3) is 4.94. The van der Waals surface area contributed by atoms with Crippen LogP contribution in [0.3, 0.4) is 0 Å². The molecule has 0 radical (unpaired) electrons. The van der Waals surface area contributed by atoms with Gasteiger partial charge in [-0.05, 0) is 43.3 Å². The minimum absolute atomic E-state index is 0.108. The number of carbonyl (C=O) groups is 2.